The van der Waals surface area contributed by atoms with Gasteiger partial charge in [0.1, 0.15) is 0 Å². The van der Waals surface area contributed by atoms with Crippen LogP contribution in [0.25, 0.3) is 21.5 Å². The summed E-state index contributed by atoms with van der Waals surface area (Å²) in [7, 11) is -3.29. The third-order valence-corrected chi connectivity index (χ3v) is 9.99. The van der Waals surface area contributed by atoms with Crippen LogP contribution in [0.1, 0.15) is 16.7 Å². The number of nitrogens with zero attached hydrogens (tertiary/aromatic N) is 3. The van der Waals surface area contributed by atoms with Gasteiger partial charge < -0.3 is 0 Å². The summed E-state index contributed by atoms with van der Waals surface area (Å²) in [5.74, 6) is 0. The lowest BCUT2D eigenvalue weighted by Crippen LogP contribution is -2.19. The van der Waals surface area contributed by atoms with Crippen LogP contribution in [0.15, 0.2) is 114 Å². The van der Waals surface area contributed by atoms with E-state index in [9.17, 15) is 4.57 Å². The Morgan fingerprint density at radius 3 is 1.73 bits per heavy atom. The molecule has 0 unspecified atom stereocenters. The summed E-state index contributed by atoms with van der Waals surface area (Å²) in [6.07, 6.45) is 1.68. The maximum absolute atomic E-state index is 14.9. The number of hydrogen-bond acceptors (Lipinski definition) is 1. The van der Waals surface area contributed by atoms with E-state index in [2.05, 4.69) is 72.8 Å². The molecule has 6 heteroatoms. The van der Waals surface area contributed by atoms with Gasteiger partial charge >= 0.3 is 7.59 Å². The molecule has 1 fully saturated rings. The van der Waals surface area contributed by atoms with Gasteiger partial charge in [-0.15, -0.1) is 0 Å². The molecule has 1 aliphatic rings. The summed E-state index contributed by atoms with van der Waals surface area (Å²) < 4.78 is 23.7. The van der Waals surface area contributed by atoms with E-state index in [1.807, 2.05) is 45.7 Å². The van der Waals surface area contributed by atoms with Crippen molar-refractivity contribution in [2.24, 2.45) is 4.76 Å². The Bertz CT molecular complexity index is 1560. The second-order valence-electron chi connectivity index (χ2n) is 9.33. The van der Waals surface area contributed by atoms with Crippen LogP contribution in [0.4, 0.5) is 0 Å². The fourth-order valence-electron chi connectivity index (χ4n) is 5.13. The van der Waals surface area contributed by atoms with Crippen molar-refractivity contribution in [1.29, 1.82) is 0 Å². The van der Waals surface area contributed by atoms with Gasteiger partial charge in [-0.2, -0.15) is 0 Å². The maximum Gasteiger partial charge on any atom is 0.330 e. The van der Waals surface area contributed by atoms with Crippen molar-refractivity contribution in [3.63, 3.8) is 0 Å². The Labute approximate surface area is 222 Å². The van der Waals surface area contributed by atoms with Crippen molar-refractivity contribution < 1.29 is 4.57 Å². The molecule has 6 rings (SSSR count). The highest BCUT2D eigenvalue weighted by Crippen LogP contribution is 2.59. The lowest BCUT2D eigenvalue weighted by Gasteiger charge is -2.27. The van der Waals surface area contributed by atoms with E-state index in [0.29, 0.717) is 31.2 Å². The van der Waals surface area contributed by atoms with Crippen LogP contribution < -0.4 is 0 Å². The molecule has 0 amide bonds. The van der Waals surface area contributed by atoms with E-state index in [1.165, 1.54) is 21.5 Å². The van der Waals surface area contributed by atoms with Gasteiger partial charge in [0, 0.05) is 43.0 Å². The number of halogens is 1. The predicted octanol–water partition coefficient (Wildman–Crippen LogP) is 8.19. The van der Waals surface area contributed by atoms with E-state index in [1.54, 1.807) is 6.21 Å². The molecule has 0 aromatic heterocycles. The fourth-order valence-corrected chi connectivity index (χ4v) is 7.61. The molecule has 5 aromatic carbocycles. The van der Waals surface area contributed by atoms with Crippen molar-refractivity contribution in [2.75, 3.05) is 13.1 Å². The first-order valence-electron chi connectivity index (χ1n) is 12.5. The minimum atomic E-state index is -3.29. The molecular weight excluding hydrogens is 497 g/mol. The summed E-state index contributed by atoms with van der Waals surface area (Å²) in [4.78, 5) is 0. The molecule has 5 aromatic rings. The fraction of sp³-hybridized carbons (Fsp3) is 0.129. The van der Waals surface area contributed by atoms with Gasteiger partial charge in [-0.25, -0.2) is 14.1 Å². The molecular formula is C31H27ClN3OP. The molecule has 0 radical (unpaired) electrons. The molecule has 0 atom stereocenters. The van der Waals surface area contributed by atoms with Crippen LogP contribution in [0.5, 0.6) is 0 Å². The molecule has 4 nitrogen and oxygen atoms in total. The monoisotopic (exact) mass is 523 g/mol. The molecule has 1 aliphatic heterocycles. The van der Waals surface area contributed by atoms with E-state index >= 15 is 0 Å². The Morgan fingerprint density at radius 2 is 1.16 bits per heavy atom. The maximum atomic E-state index is 14.9. The Hall–Kier alpha value is -3.27. The zero-order chi connectivity index (χ0) is 25.2. The SMILES string of the molecule is O=P1(/N=C/c2ccccc2Cl)N(Cc2cccc3ccccc23)CCN1Cc1cccc2ccccc12. The average molecular weight is 524 g/mol. The lowest BCUT2D eigenvalue weighted by atomic mass is 10.0. The van der Waals surface area contributed by atoms with E-state index in [0.717, 1.165) is 16.7 Å². The Balaban J connectivity index is 1.39. The molecule has 184 valence electrons. The van der Waals surface area contributed by atoms with Gasteiger partial charge in [0.05, 0.1) is 0 Å². The van der Waals surface area contributed by atoms with Crippen LogP contribution in [0, 0.1) is 0 Å². The highest BCUT2D eigenvalue weighted by molar-refractivity contribution is 7.58. The van der Waals surface area contributed by atoms with E-state index in [4.69, 9.17) is 16.4 Å². The first-order chi connectivity index (χ1) is 18.1. The number of hydrogen-bond donors (Lipinski definition) is 0. The third-order valence-electron chi connectivity index (χ3n) is 7.07. The molecule has 0 saturated carbocycles. The first kappa shape index (κ1) is 24.1. The summed E-state index contributed by atoms with van der Waals surface area (Å²) in [5, 5.41) is 5.32. The standard InChI is InChI=1S/C31H27ClN3OP/c32-31-18-6-3-11-26(31)21-33-37(36)34(22-27-14-7-12-24-9-1-4-16-29(24)27)19-20-35(37)23-28-15-8-13-25-10-2-5-17-30(25)28/h1-18,21H,19-20,22-23H2/b33-21+. The summed E-state index contributed by atoms with van der Waals surface area (Å²) in [6.45, 7) is 2.46. The zero-order valence-corrected chi connectivity index (χ0v) is 22.0. The van der Waals surface area contributed by atoms with Gasteiger partial charge in [0.15, 0.2) is 0 Å². The third kappa shape index (κ3) is 4.74. The first-order valence-corrected chi connectivity index (χ1v) is 14.4. The molecule has 1 saturated heterocycles. The zero-order valence-electron chi connectivity index (χ0n) is 20.4. The molecule has 0 bridgehead atoms. The normalized spacial score (nSPS) is 16.2. The highest BCUT2D eigenvalue weighted by Gasteiger charge is 2.43. The van der Waals surface area contributed by atoms with Crippen molar-refractivity contribution in [1.82, 2.24) is 9.34 Å². The number of fused-ring (bicyclic) bond motifs is 2. The summed E-state index contributed by atoms with van der Waals surface area (Å²) in [5.41, 5.74) is 3.07. The number of benzene rings is 5. The Morgan fingerprint density at radius 1 is 0.676 bits per heavy atom. The molecule has 0 spiro atoms. The second kappa shape index (κ2) is 10.2. The van der Waals surface area contributed by atoms with Crippen LogP contribution >= 0.6 is 19.2 Å². The quantitative estimate of drug-likeness (QED) is 0.166. The van der Waals surface area contributed by atoms with Gasteiger partial charge in [0.2, 0.25) is 0 Å². The summed E-state index contributed by atoms with van der Waals surface area (Å²) >= 11 is 6.41. The minimum Gasteiger partial charge on any atom is -0.262 e. The highest BCUT2D eigenvalue weighted by atomic mass is 35.5. The predicted molar refractivity (Wildman–Crippen MR) is 155 cm³/mol. The Kier molecular flexibility index (Phi) is 6.67. The van der Waals surface area contributed by atoms with Crippen molar-refractivity contribution in [2.45, 2.75) is 13.1 Å². The van der Waals surface area contributed by atoms with Crippen LogP contribution in [0.3, 0.4) is 0 Å². The molecule has 0 aliphatic carbocycles. The largest absolute Gasteiger partial charge is 0.330 e. The van der Waals surface area contributed by atoms with Crippen LogP contribution in [-0.4, -0.2) is 28.6 Å². The van der Waals surface area contributed by atoms with Crippen molar-refractivity contribution >= 4 is 47.0 Å². The lowest BCUT2D eigenvalue weighted by molar-refractivity contribution is 0.436. The second-order valence-corrected chi connectivity index (χ2v) is 12.1. The van der Waals surface area contributed by atoms with E-state index in [-0.39, 0.29) is 0 Å². The average Bonchev–Trinajstić information content (AvgIpc) is 3.23. The van der Waals surface area contributed by atoms with Gasteiger partial charge in [-0.05, 0) is 38.7 Å². The van der Waals surface area contributed by atoms with E-state index < -0.39 is 7.59 Å². The van der Waals surface area contributed by atoms with Crippen molar-refractivity contribution in [3.8, 4) is 0 Å². The van der Waals surface area contributed by atoms with Gasteiger partial charge in [-0.3, -0.25) is 4.57 Å². The summed E-state index contributed by atoms with van der Waals surface area (Å²) in [6, 6.07) is 36.8. The van der Waals surface area contributed by atoms with Crippen LogP contribution in [0.2, 0.25) is 5.02 Å². The molecule has 1 heterocycles. The number of rotatable bonds is 6. The van der Waals surface area contributed by atoms with Crippen LogP contribution in [-0.2, 0) is 17.7 Å². The topological polar surface area (TPSA) is 35.9 Å². The smallest absolute Gasteiger partial charge is 0.262 e. The minimum absolute atomic E-state index is 0.560. The van der Waals surface area contributed by atoms with Crippen molar-refractivity contribution in [3.05, 3.63) is 131 Å². The molecule has 37 heavy (non-hydrogen) atoms. The van der Waals surface area contributed by atoms with Gasteiger partial charge in [-0.1, -0.05) is 115 Å². The molecule has 0 N–H and O–H groups in total. The van der Waals surface area contributed by atoms with Gasteiger partial charge in [0.25, 0.3) is 0 Å².